The van der Waals surface area contributed by atoms with Crippen LogP contribution in [0.25, 0.3) is 0 Å². The minimum Gasteiger partial charge on any atom is -0.307 e. The molecule has 0 bridgehead atoms. The second kappa shape index (κ2) is 3.19. The molecule has 1 N–H and O–H groups in total. The molecule has 3 heteroatoms. The van der Waals surface area contributed by atoms with Crippen LogP contribution < -0.4 is 5.32 Å². The van der Waals surface area contributed by atoms with Gasteiger partial charge in [-0.15, -0.1) is 0 Å². The van der Waals surface area contributed by atoms with Gasteiger partial charge < -0.3 is 5.32 Å². The summed E-state index contributed by atoms with van der Waals surface area (Å²) in [5.41, 5.74) is 1.12. The highest BCUT2D eigenvalue weighted by Gasteiger charge is 2.20. The maximum Gasteiger partial charge on any atom is 0.141 e. The number of nitrogens with zero attached hydrogens (tertiary/aromatic N) is 2. The van der Waals surface area contributed by atoms with Crippen LogP contribution in [-0.2, 0) is 6.54 Å². The van der Waals surface area contributed by atoms with E-state index >= 15 is 0 Å². The Balaban J connectivity index is 1.89. The third kappa shape index (κ3) is 2.01. The van der Waals surface area contributed by atoms with E-state index in [1.165, 1.54) is 12.8 Å². The zero-order chi connectivity index (χ0) is 8.39. The SMILES string of the molecule is Cc1cnc(CNC2CC2)nc1. The lowest BCUT2D eigenvalue weighted by Gasteiger charge is -2.00. The lowest BCUT2D eigenvalue weighted by atomic mass is 10.4. The van der Waals surface area contributed by atoms with Gasteiger partial charge >= 0.3 is 0 Å². The first-order chi connectivity index (χ1) is 5.84. The van der Waals surface area contributed by atoms with Gasteiger partial charge in [0.05, 0.1) is 6.54 Å². The number of hydrogen-bond acceptors (Lipinski definition) is 3. The average Bonchev–Trinajstić information content (AvgIpc) is 2.87. The van der Waals surface area contributed by atoms with Crippen LogP contribution in [0.3, 0.4) is 0 Å². The van der Waals surface area contributed by atoms with Gasteiger partial charge in [0.25, 0.3) is 0 Å². The summed E-state index contributed by atoms with van der Waals surface area (Å²) in [7, 11) is 0. The molecule has 1 heterocycles. The largest absolute Gasteiger partial charge is 0.307 e. The Morgan fingerprint density at radius 2 is 2.08 bits per heavy atom. The summed E-state index contributed by atoms with van der Waals surface area (Å²) in [5, 5.41) is 3.37. The van der Waals surface area contributed by atoms with Gasteiger partial charge in [-0.25, -0.2) is 9.97 Å². The molecule has 1 aliphatic carbocycles. The molecule has 0 aliphatic heterocycles. The van der Waals surface area contributed by atoms with Gasteiger partial charge in [0.2, 0.25) is 0 Å². The molecule has 1 aromatic heterocycles. The Morgan fingerprint density at radius 1 is 1.42 bits per heavy atom. The molecule has 0 saturated heterocycles. The van der Waals surface area contributed by atoms with E-state index < -0.39 is 0 Å². The standard InChI is InChI=1S/C9H13N3/c1-7-4-11-9(12-5-7)6-10-8-2-3-8/h4-5,8,10H,2-3,6H2,1H3. The van der Waals surface area contributed by atoms with Gasteiger partial charge in [0.15, 0.2) is 0 Å². The summed E-state index contributed by atoms with van der Waals surface area (Å²) < 4.78 is 0. The van der Waals surface area contributed by atoms with Crippen molar-refractivity contribution in [1.29, 1.82) is 0 Å². The number of nitrogens with one attached hydrogen (secondary N) is 1. The second-order valence-electron chi connectivity index (χ2n) is 3.33. The van der Waals surface area contributed by atoms with Crippen LogP contribution in [0.5, 0.6) is 0 Å². The minimum absolute atomic E-state index is 0.731. The van der Waals surface area contributed by atoms with E-state index in [0.717, 1.165) is 24.0 Å². The van der Waals surface area contributed by atoms with Gasteiger partial charge in [0.1, 0.15) is 5.82 Å². The molecule has 1 fully saturated rings. The van der Waals surface area contributed by atoms with Crippen molar-refractivity contribution < 1.29 is 0 Å². The summed E-state index contributed by atoms with van der Waals surface area (Å²) in [6.45, 7) is 2.81. The van der Waals surface area contributed by atoms with E-state index in [1.807, 2.05) is 19.3 Å². The molecule has 1 saturated carbocycles. The van der Waals surface area contributed by atoms with E-state index in [4.69, 9.17) is 0 Å². The third-order valence-corrected chi connectivity index (χ3v) is 1.96. The number of aromatic nitrogens is 2. The fourth-order valence-electron chi connectivity index (χ4n) is 1.03. The molecule has 0 radical (unpaired) electrons. The molecule has 0 aromatic carbocycles. The molecule has 2 rings (SSSR count). The first kappa shape index (κ1) is 7.68. The van der Waals surface area contributed by atoms with Crippen molar-refractivity contribution in [2.24, 2.45) is 0 Å². The first-order valence-corrected chi connectivity index (χ1v) is 4.35. The Bertz CT molecular complexity index is 251. The summed E-state index contributed by atoms with van der Waals surface area (Å²) >= 11 is 0. The van der Waals surface area contributed by atoms with Crippen LogP contribution in [0.1, 0.15) is 24.2 Å². The molecule has 0 spiro atoms. The maximum absolute atomic E-state index is 4.20. The molecule has 0 unspecified atom stereocenters. The predicted molar refractivity (Wildman–Crippen MR) is 46.6 cm³/mol. The van der Waals surface area contributed by atoms with E-state index in [1.54, 1.807) is 0 Å². The zero-order valence-corrected chi connectivity index (χ0v) is 7.25. The Morgan fingerprint density at radius 3 is 2.67 bits per heavy atom. The summed E-state index contributed by atoms with van der Waals surface area (Å²) in [6, 6.07) is 0.731. The van der Waals surface area contributed by atoms with Gasteiger partial charge in [-0.05, 0) is 25.3 Å². The van der Waals surface area contributed by atoms with E-state index in [-0.39, 0.29) is 0 Å². The van der Waals surface area contributed by atoms with Gasteiger partial charge in [-0.2, -0.15) is 0 Å². The van der Waals surface area contributed by atoms with Gasteiger partial charge in [-0.3, -0.25) is 0 Å². The summed E-state index contributed by atoms with van der Waals surface area (Å²) in [6.07, 6.45) is 6.34. The first-order valence-electron chi connectivity index (χ1n) is 4.35. The highest BCUT2D eigenvalue weighted by atomic mass is 15.0. The molecule has 0 atom stereocenters. The highest BCUT2D eigenvalue weighted by Crippen LogP contribution is 2.18. The van der Waals surface area contributed by atoms with Crippen molar-refractivity contribution in [3.05, 3.63) is 23.8 Å². The van der Waals surface area contributed by atoms with Crippen LogP contribution in [0.15, 0.2) is 12.4 Å². The molecule has 12 heavy (non-hydrogen) atoms. The van der Waals surface area contributed by atoms with Crippen molar-refractivity contribution in [3.63, 3.8) is 0 Å². The zero-order valence-electron chi connectivity index (χ0n) is 7.25. The van der Waals surface area contributed by atoms with Crippen LogP contribution in [0, 0.1) is 6.92 Å². The fraction of sp³-hybridized carbons (Fsp3) is 0.556. The predicted octanol–water partition coefficient (Wildman–Crippen LogP) is 1.04. The van der Waals surface area contributed by atoms with Crippen molar-refractivity contribution in [3.8, 4) is 0 Å². The molecule has 1 aliphatic rings. The summed E-state index contributed by atoms with van der Waals surface area (Å²) in [5.74, 6) is 0.896. The van der Waals surface area contributed by atoms with E-state index in [9.17, 15) is 0 Å². The Hall–Kier alpha value is -0.960. The van der Waals surface area contributed by atoms with Crippen molar-refractivity contribution in [2.75, 3.05) is 0 Å². The van der Waals surface area contributed by atoms with Crippen LogP contribution in [0.4, 0.5) is 0 Å². The maximum atomic E-state index is 4.20. The van der Waals surface area contributed by atoms with Crippen LogP contribution in [0.2, 0.25) is 0 Å². The lowest BCUT2D eigenvalue weighted by molar-refractivity contribution is 0.657. The third-order valence-electron chi connectivity index (χ3n) is 1.96. The molecule has 3 nitrogen and oxygen atoms in total. The van der Waals surface area contributed by atoms with Gasteiger partial charge in [-0.1, -0.05) is 0 Å². The number of aryl methyl sites for hydroxylation is 1. The van der Waals surface area contributed by atoms with Gasteiger partial charge in [0, 0.05) is 18.4 Å². The molecular formula is C9H13N3. The quantitative estimate of drug-likeness (QED) is 0.723. The molecule has 64 valence electrons. The minimum atomic E-state index is 0.731. The Kier molecular flexibility index (Phi) is 2.04. The van der Waals surface area contributed by atoms with Crippen LogP contribution >= 0.6 is 0 Å². The monoisotopic (exact) mass is 163 g/mol. The van der Waals surface area contributed by atoms with Crippen molar-refractivity contribution in [1.82, 2.24) is 15.3 Å². The lowest BCUT2D eigenvalue weighted by Crippen LogP contribution is -2.17. The topological polar surface area (TPSA) is 37.8 Å². The molecule has 1 aromatic rings. The molecule has 0 amide bonds. The highest BCUT2D eigenvalue weighted by molar-refractivity contribution is 5.02. The molecular weight excluding hydrogens is 150 g/mol. The van der Waals surface area contributed by atoms with Crippen molar-refractivity contribution >= 4 is 0 Å². The number of hydrogen-bond donors (Lipinski definition) is 1. The normalized spacial score (nSPS) is 16.4. The number of rotatable bonds is 3. The fourth-order valence-corrected chi connectivity index (χ4v) is 1.03. The smallest absolute Gasteiger partial charge is 0.141 e. The average molecular weight is 163 g/mol. The second-order valence-corrected chi connectivity index (χ2v) is 3.33. The summed E-state index contributed by atoms with van der Waals surface area (Å²) in [4.78, 5) is 8.41. The van der Waals surface area contributed by atoms with E-state index in [2.05, 4.69) is 15.3 Å². The van der Waals surface area contributed by atoms with Crippen LogP contribution in [-0.4, -0.2) is 16.0 Å². The van der Waals surface area contributed by atoms with E-state index in [0.29, 0.717) is 0 Å². The Labute approximate surface area is 72.2 Å². The van der Waals surface area contributed by atoms with Crippen molar-refractivity contribution in [2.45, 2.75) is 32.4 Å².